The highest BCUT2D eigenvalue weighted by Crippen LogP contribution is 2.22. The molecule has 2 heterocycles. The molecule has 0 aliphatic heterocycles. The number of halogens is 1. The van der Waals surface area contributed by atoms with Crippen LogP contribution < -0.4 is 0 Å². The Hall–Kier alpha value is -1.55. The van der Waals surface area contributed by atoms with Crippen molar-refractivity contribution in [3.05, 3.63) is 40.6 Å². The van der Waals surface area contributed by atoms with Crippen LogP contribution in [0.5, 0.6) is 0 Å². The van der Waals surface area contributed by atoms with E-state index in [4.69, 9.17) is 16.0 Å². The number of hydrogen-bond acceptors (Lipinski definition) is 3. The van der Waals surface area contributed by atoms with E-state index in [0.29, 0.717) is 22.0 Å². The van der Waals surface area contributed by atoms with E-state index in [-0.39, 0.29) is 11.8 Å². The molecule has 0 N–H and O–H groups in total. The van der Waals surface area contributed by atoms with Gasteiger partial charge in [-0.15, -0.1) is 0 Å². The number of carbonyl (C=O) groups is 1. The van der Waals surface area contributed by atoms with Crippen molar-refractivity contribution in [1.82, 2.24) is 9.78 Å². The first-order chi connectivity index (χ1) is 8.00. The Morgan fingerprint density at radius 1 is 1.53 bits per heavy atom. The first-order valence-corrected chi connectivity index (χ1v) is 5.71. The SMILES string of the molecule is Cc1cc(C(=O)c2c(Cl)cnn2C(C)C)co1. The lowest BCUT2D eigenvalue weighted by Gasteiger charge is -2.09. The molecule has 0 radical (unpaired) electrons. The molecule has 0 aliphatic rings. The lowest BCUT2D eigenvalue weighted by molar-refractivity contribution is 0.102. The summed E-state index contributed by atoms with van der Waals surface area (Å²) in [5, 5.41) is 4.47. The van der Waals surface area contributed by atoms with Gasteiger partial charge < -0.3 is 4.42 Å². The second kappa shape index (κ2) is 4.37. The monoisotopic (exact) mass is 252 g/mol. The van der Waals surface area contributed by atoms with Gasteiger partial charge in [0.25, 0.3) is 0 Å². The van der Waals surface area contributed by atoms with Crippen molar-refractivity contribution in [2.24, 2.45) is 0 Å². The van der Waals surface area contributed by atoms with Crippen molar-refractivity contribution in [1.29, 1.82) is 0 Å². The van der Waals surface area contributed by atoms with Gasteiger partial charge in [-0.3, -0.25) is 9.48 Å². The largest absolute Gasteiger partial charge is 0.469 e. The van der Waals surface area contributed by atoms with Crippen LogP contribution in [0.4, 0.5) is 0 Å². The van der Waals surface area contributed by atoms with Crippen LogP contribution in [-0.4, -0.2) is 15.6 Å². The standard InChI is InChI=1S/C12H13ClN2O2/c1-7(2)15-11(10(13)5-14-15)12(16)9-4-8(3)17-6-9/h4-7H,1-3H3. The smallest absolute Gasteiger partial charge is 0.215 e. The number of aryl methyl sites for hydroxylation is 1. The molecule has 0 unspecified atom stereocenters. The minimum Gasteiger partial charge on any atom is -0.469 e. The van der Waals surface area contributed by atoms with E-state index in [0.717, 1.165) is 0 Å². The summed E-state index contributed by atoms with van der Waals surface area (Å²) >= 11 is 6.01. The van der Waals surface area contributed by atoms with Gasteiger partial charge in [0.2, 0.25) is 5.78 Å². The third kappa shape index (κ3) is 2.13. The molecule has 2 aromatic heterocycles. The molecule has 0 spiro atoms. The van der Waals surface area contributed by atoms with Crippen LogP contribution in [0.2, 0.25) is 5.02 Å². The molecule has 0 amide bonds. The number of nitrogens with zero attached hydrogens (tertiary/aromatic N) is 2. The minimum absolute atomic E-state index is 0.0782. The Kier molecular flexibility index (Phi) is 3.07. The Morgan fingerprint density at radius 2 is 2.24 bits per heavy atom. The Labute approximate surface area is 104 Å². The molecule has 0 aliphatic carbocycles. The van der Waals surface area contributed by atoms with E-state index >= 15 is 0 Å². The fraction of sp³-hybridized carbons (Fsp3) is 0.333. The van der Waals surface area contributed by atoms with Crippen LogP contribution in [0.15, 0.2) is 22.9 Å². The highest BCUT2D eigenvalue weighted by molar-refractivity contribution is 6.34. The summed E-state index contributed by atoms with van der Waals surface area (Å²) in [7, 11) is 0. The molecule has 2 rings (SSSR count). The molecular weight excluding hydrogens is 240 g/mol. The number of furan rings is 1. The summed E-state index contributed by atoms with van der Waals surface area (Å²) in [5.74, 6) is 0.526. The Balaban J connectivity index is 2.47. The number of aromatic nitrogens is 2. The molecule has 4 nitrogen and oxygen atoms in total. The molecule has 0 atom stereocenters. The maximum absolute atomic E-state index is 12.3. The fourth-order valence-electron chi connectivity index (χ4n) is 1.64. The molecule has 0 saturated heterocycles. The minimum atomic E-state index is -0.168. The quantitative estimate of drug-likeness (QED) is 0.788. The summed E-state index contributed by atoms with van der Waals surface area (Å²) in [5.41, 5.74) is 0.897. The Morgan fingerprint density at radius 3 is 2.76 bits per heavy atom. The predicted octanol–water partition coefficient (Wildman–Crippen LogP) is 3.25. The van der Waals surface area contributed by atoms with Gasteiger partial charge in [0.15, 0.2) is 0 Å². The predicted molar refractivity (Wildman–Crippen MR) is 64.5 cm³/mol. The van der Waals surface area contributed by atoms with Crippen molar-refractivity contribution in [3.8, 4) is 0 Å². The van der Waals surface area contributed by atoms with Crippen LogP contribution in [-0.2, 0) is 0 Å². The van der Waals surface area contributed by atoms with Gasteiger partial charge in [0.1, 0.15) is 17.7 Å². The summed E-state index contributed by atoms with van der Waals surface area (Å²) in [6.45, 7) is 5.68. The maximum Gasteiger partial charge on any atom is 0.215 e. The molecule has 5 heteroatoms. The summed E-state index contributed by atoms with van der Waals surface area (Å²) in [6.07, 6.45) is 2.92. The van der Waals surface area contributed by atoms with Gasteiger partial charge in [-0.05, 0) is 26.8 Å². The van der Waals surface area contributed by atoms with Gasteiger partial charge in [-0.25, -0.2) is 0 Å². The number of ketones is 1. The molecule has 2 aromatic rings. The van der Waals surface area contributed by atoms with Crippen molar-refractivity contribution in [2.45, 2.75) is 26.8 Å². The zero-order valence-corrected chi connectivity index (χ0v) is 10.7. The van der Waals surface area contributed by atoms with Crippen molar-refractivity contribution < 1.29 is 9.21 Å². The maximum atomic E-state index is 12.3. The van der Waals surface area contributed by atoms with Gasteiger partial charge >= 0.3 is 0 Å². The average molecular weight is 253 g/mol. The zero-order chi connectivity index (χ0) is 12.6. The van der Waals surface area contributed by atoms with E-state index in [1.54, 1.807) is 17.7 Å². The van der Waals surface area contributed by atoms with Crippen molar-refractivity contribution in [3.63, 3.8) is 0 Å². The first kappa shape index (κ1) is 11.9. The van der Waals surface area contributed by atoms with Crippen LogP contribution >= 0.6 is 11.6 Å². The van der Waals surface area contributed by atoms with Crippen LogP contribution in [0.3, 0.4) is 0 Å². The molecule has 0 saturated carbocycles. The van der Waals surface area contributed by atoms with Crippen molar-refractivity contribution in [2.75, 3.05) is 0 Å². The van der Waals surface area contributed by atoms with Gasteiger partial charge in [-0.2, -0.15) is 5.10 Å². The third-order valence-corrected chi connectivity index (χ3v) is 2.72. The van der Waals surface area contributed by atoms with Crippen LogP contribution in [0.1, 0.15) is 41.7 Å². The lowest BCUT2D eigenvalue weighted by atomic mass is 10.1. The molecule has 0 aromatic carbocycles. The van der Waals surface area contributed by atoms with E-state index in [1.165, 1.54) is 12.5 Å². The number of carbonyl (C=O) groups excluding carboxylic acids is 1. The van der Waals surface area contributed by atoms with E-state index in [1.807, 2.05) is 13.8 Å². The topological polar surface area (TPSA) is 48.0 Å². The molecule has 17 heavy (non-hydrogen) atoms. The number of rotatable bonds is 3. The first-order valence-electron chi connectivity index (χ1n) is 5.33. The molecule has 90 valence electrons. The van der Waals surface area contributed by atoms with Crippen LogP contribution in [0, 0.1) is 6.92 Å². The van der Waals surface area contributed by atoms with Gasteiger partial charge in [-0.1, -0.05) is 11.6 Å². The van der Waals surface area contributed by atoms with E-state index < -0.39 is 0 Å². The highest BCUT2D eigenvalue weighted by atomic mass is 35.5. The highest BCUT2D eigenvalue weighted by Gasteiger charge is 2.21. The van der Waals surface area contributed by atoms with E-state index in [2.05, 4.69) is 5.10 Å². The third-order valence-electron chi connectivity index (χ3n) is 2.45. The Bertz CT molecular complexity index is 555. The van der Waals surface area contributed by atoms with E-state index in [9.17, 15) is 4.79 Å². The van der Waals surface area contributed by atoms with Gasteiger partial charge in [0, 0.05) is 6.04 Å². The van der Waals surface area contributed by atoms with Crippen molar-refractivity contribution >= 4 is 17.4 Å². The second-order valence-electron chi connectivity index (χ2n) is 4.15. The average Bonchev–Trinajstić information content (AvgIpc) is 2.83. The second-order valence-corrected chi connectivity index (χ2v) is 4.56. The van der Waals surface area contributed by atoms with Crippen LogP contribution in [0.25, 0.3) is 0 Å². The normalized spacial score (nSPS) is 11.1. The molecular formula is C12H13ClN2O2. The summed E-state index contributed by atoms with van der Waals surface area (Å²) in [4.78, 5) is 12.3. The molecule has 0 bridgehead atoms. The summed E-state index contributed by atoms with van der Waals surface area (Å²) in [6, 6.07) is 1.77. The summed E-state index contributed by atoms with van der Waals surface area (Å²) < 4.78 is 6.75. The van der Waals surface area contributed by atoms with Gasteiger partial charge in [0.05, 0.1) is 16.8 Å². The number of hydrogen-bond donors (Lipinski definition) is 0. The zero-order valence-electron chi connectivity index (χ0n) is 9.90. The lowest BCUT2D eigenvalue weighted by Crippen LogP contribution is -2.13. The molecule has 0 fully saturated rings. The fourth-order valence-corrected chi connectivity index (χ4v) is 1.86.